The second kappa shape index (κ2) is 14.4. The number of halogens is 1. The van der Waals surface area contributed by atoms with E-state index in [1.807, 2.05) is 18.2 Å². The molecule has 180 valence electrons. The SMILES string of the molecule is COC(=O)CCNC(=NCCCN1CCC(C)CC1)Nc1ccc2c(c1)OCCCO2.I. The standard InChI is InChI=1S/C23H36N4O4.HI/c1-18-8-13-27(14-9-18)12-3-10-24-23(25-11-7-22(28)29-2)26-19-5-6-20-21(17-19)31-16-4-15-30-20;/h5-6,17-18H,3-4,7-16H2,1-2H3,(H2,24,25,26);1H. The maximum atomic E-state index is 11.4. The number of anilines is 1. The molecule has 1 aromatic carbocycles. The Morgan fingerprint density at radius 2 is 1.97 bits per heavy atom. The van der Waals surface area contributed by atoms with Gasteiger partial charge in [0.05, 0.1) is 26.7 Å². The van der Waals surface area contributed by atoms with Crippen LogP contribution in [0.15, 0.2) is 23.2 Å². The summed E-state index contributed by atoms with van der Waals surface area (Å²) >= 11 is 0. The molecular weight excluding hydrogens is 523 g/mol. The Kier molecular flexibility index (Phi) is 11.9. The molecule has 2 aliphatic rings. The average Bonchev–Trinajstić information content (AvgIpc) is 3.02. The first kappa shape index (κ1) is 26.5. The largest absolute Gasteiger partial charge is 0.490 e. The van der Waals surface area contributed by atoms with E-state index < -0.39 is 0 Å². The first-order valence-corrected chi connectivity index (χ1v) is 11.4. The van der Waals surface area contributed by atoms with Crippen molar-refractivity contribution in [3.63, 3.8) is 0 Å². The number of benzene rings is 1. The van der Waals surface area contributed by atoms with Crippen LogP contribution in [-0.4, -0.2) is 69.9 Å². The molecule has 0 bridgehead atoms. The lowest BCUT2D eigenvalue weighted by Gasteiger charge is -2.29. The van der Waals surface area contributed by atoms with E-state index >= 15 is 0 Å². The van der Waals surface area contributed by atoms with Gasteiger partial charge < -0.3 is 29.7 Å². The molecule has 0 atom stereocenters. The summed E-state index contributed by atoms with van der Waals surface area (Å²) in [5.41, 5.74) is 0.860. The number of hydrogen-bond acceptors (Lipinski definition) is 6. The predicted octanol–water partition coefficient (Wildman–Crippen LogP) is 3.51. The van der Waals surface area contributed by atoms with Crippen LogP contribution in [0.5, 0.6) is 11.5 Å². The Morgan fingerprint density at radius 3 is 2.72 bits per heavy atom. The van der Waals surface area contributed by atoms with E-state index in [-0.39, 0.29) is 36.4 Å². The third-order valence-electron chi connectivity index (χ3n) is 5.64. The molecule has 9 heteroatoms. The van der Waals surface area contributed by atoms with Crippen molar-refractivity contribution in [1.29, 1.82) is 0 Å². The highest BCUT2D eigenvalue weighted by atomic mass is 127. The van der Waals surface area contributed by atoms with Crippen molar-refractivity contribution >= 4 is 41.6 Å². The molecule has 2 heterocycles. The lowest BCUT2D eigenvalue weighted by atomic mass is 9.99. The summed E-state index contributed by atoms with van der Waals surface area (Å²) in [6, 6.07) is 5.78. The van der Waals surface area contributed by atoms with Gasteiger partial charge in [-0.25, -0.2) is 0 Å². The molecule has 3 rings (SSSR count). The lowest BCUT2D eigenvalue weighted by Crippen LogP contribution is -2.34. The van der Waals surface area contributed by atoms with Gasteiger partial charge in [0.15, 0.2) is 17.5 Å². The predicted molar refractivity (Wildman–Crippen MR) is 137 cm³/mol. The molecule has 0 saturated carbocycles. The zero-order chi connectivity index (χ0) is 21.9. The molecule has 1 fully saturated rings. The van der Waals surface area contributed by atoms with Gasteiger partial charge in [0.25, 0.3) is 0 Å². The molecule has 0 amide bonds. The fourth-order valence-corrected chi connectivity index (χ4v) is 3.67. The zero-order valence-corrected chi connectivity index (χ0v) is 21.6. The number of rotatable bonds is 8. The molecule has 2 N–H and O–H groups in total. The molecule has 8 nitrogen and oxygen atoms in total. The minimum absolute atomic E-state index is 0. The maximum Gasteiger partial charge on any atom is 0.307 e. The Balaban J connectivity index is 0.00000363. The Morgan fingerprint density at radius 1 is 1.22 bits per heavy atom. The number of likely N-dealkylation sites (tertiary alicyclic amines) is 1. The Bertz CT molecular complexity index is 739. The first-order chi connectivity index (χ1) is 15.1. The number of carbonyl (C=O) groups is 1. The van der Waals surface area contributed by atoms with E-state index in [1.165, 1.54) is 33.0 Å². The normalized spacial score (nSPS) is 17.1. The average molecular weight is 560 g/mol. The number of aliphatic imine (C=N–C) groups is 1. The number of hydrogen-bond donors (Lipinski definition) is 2. The van der Waals surface area contributed by atoms with Crippen molar-refractivity contribution in [1.82, 2.24) is 10.2 Å². The van der Waals surface area contributed by atoms with E-state index in [0.717, 1.165) is 42.5 Å². The highest BCUT2D eigenvalue weighted by molar-refractivity contribution is 14.0. The highest BCUT2D eigenvalue weighted by Crippen LogP contribution is 2.32. The van der Waals surface area contributed by atoms with Crippen LogP contribution in [0.2, 0.25) is 0 Å². The van der Waals surface area contributed by atoms with Crippen LogP contribution in [0.1, 0.15) is 39.0 Å². The fourth-order valence-electron chi connectivity index (χ4n) is 3.67. The molecule has 32 heavy (non-hydrogen) atoms. The Hall–Kier alpha value is -1.75. The van der Waals surface area contributed by atoms with E-state index in [9.17, 15) is 4.79 Å². The van der Waals surface area contributed by atoms with Crippen molar-refractivity contribution < 1.29 is 19.0 Å². The highest BCUT2D eigenvalue weighted by Gasteiger charge is 2.15. The van der Waals surface area contributed by atoms with Crippen molar-refractivity contribution in [3.8, 4) is 11.5 Å². The zero-order valence-electron chi connectivity index (χ0n) is 19.2. The van der Waals surface area contributed by atoms with Crippen LogP contribution < -0.4 is 20.1 Å². The van der Waals surface area contributed by atoms with Crippen LogP contribution >= 0.6 is 24.0 Å². The molecule has 1 saturated heterocycles. The van der Waals surface area contributed by atoms with Crippen LogP contribution in [0.4, 0.5) is 5.69 Å². The molecule has 0 unspecified atom stereocenters. The number of fused-ring (bicyclic) bond motifs is 1. The van der Waals surface area contributed by atoms with E-state index in [4.69, 9.17) is 19.2 Å². The monoisotopic (exact) mass is 560 g/mol. The van der Waals surface area contributed by atoms with Crippen LogP contribution in [0.3, 0.4) is 0 Å². The van der Waals surface area contributed by atoms with Crippen LogP contribution in [-0.2, 0) is 9.53 Å². The fraction of sp³-hybridized carbons (Fsp3) is 0.652. The van der Waals surface area contributed by atoms with Gasteiger partial charge in [-0.2, -0.15) is 0 Å². The van der Waals surface area contributed by atoms with Gasteiger partial charge in [-0.3, -0.25) is 9.79 Å². The van der Waals surface area contributed by atoms with Crippen LogP contribution in [0, 0.1) is 5.92 Å². The molecule has 0 radical (unpaired) electrons. The van der Waals surface area contributed by atoms with Gasteiger partial charge in [0, 0.05) is 31.3 Å². The summed E-state index contributed by atoms with van der Waals surface area (Å²) in [7, 11) is 1.40. The summed E-state index contributed by atoms with van der Waals surface area (Å²) in [4.78, 5) is 18.7. The summed E-state index contributed by atoms with van der Waals surface area (Å²) in [5.74, 6) is 2.73. The topological polar surface area (TPSA) is 84.4 Å². The third kappa shape index (κ3) is 9.01. The lowest BCUT2D eigenvalue weighted by molar-refractivity contribution is -0.140. The smallest absolute Gasteiger partial charge is 0.307 e. The molecular formula is C23H37IN4O4. The van der Waals surface area contributed by atoms with E-state index in [1.54, 1.807) is 0 Å². The summed E-state index contributed by atoms with van der Waals surface area (Å²) < 4.78 is 16.2. The first-order valence-electron chi connectivity index (χ1n) is 11.4. The quantitative estimate of drug-likeness (QED) is 0.166. The van der Waals surface area contributed by atoms with Gasteiger partial charge in [-0.1, -0.05) is 6.92 Å². The minimum atomic E-state index is -0.248. The van der Waals surface area contributed by atoms with Crippen molar-refractivity contribution in [3.05, 3.63) is 18.2 Å². The molecule has 2 aliphatic heterocycles. The summed E-state index contributed by atoms with van der Waals surface area (Å²) in [6.45, 7) is 8.24. The number of piperidine rings is 1. The van der Waals surface area contributed by atoms with Crippen molar-refractivity contribution in [2.75, 3.05) is 58.4 Å². The summed E-state index contributed by atoms with van der Waals surface area (Å²) in [6.07, 6.45) is 4.73. The number of carbonyl (C=O) groups excluding carboxylic acids is 1. The Labute approximate surface area is 208 Å². The number of methoxy groups -OCH3 is 1. The van der Waals surface area contributed by atoms with Crippen LogP contribution in [0.25, 0.3) is 0 Å². The van der Waals surface area contributed by atoms with E-state index in [0.29, 0.717) is 32.3 Å². The maximum absolute atomic E-state index is 11.4. The van der Waals surface area contributed by atoms with Gasteiger partial charge in [0.1, 0.15) is 0 Å². The molecule has 0 aliphatic carbocycles. The molecule has 0 spiro atoms. The van der Waals surface area contributed by atoms with Crippen molar-refractivity contribution in [2.45, 2.75) is 39.0 Å². The number of ether oxygens (including phenoxy) is 3. The molecule has 1 aromatic rings. The second-order valence-corrected chi connectivity index (χ2v) is 8.20. The summed E-state index contributed by atoms with van der Waals surface area (Å²) in [5, 5.41) is 6.55. The second-order valence-electron chi connectivity index (χ2n) is 8.20. The number of nitrogens with one attached hydrogen (secondary N) is 2. The number of guanidine groups is 1. The third-order valence-corrected chi connectivity index (χ3v) is 5.64. The van der Waals surface area contributed by atoms with Crippen molar-refractivity contribution in [2.24, 2.45) is 10.9 Å². The number of nitrogens with zero attached hydrogens (tertiary/aromatic N) is 2. The van der Waals surface area contributed by atoms with E-state index in [2.05, 4.69) is 22.5 Å². The molecule has 0 aromatic heterocycles. The minimum Gasteiger partial charge on any atom is -0.490 e. The van der Waals surface area contributed by atoms with Gasteiger partial charge in [0.2, 0.25) is 0 Å². The number of esters is 1. The van der Waals surface area contributed by atoms with Gasteiger partial charge in [-0.05, 0) is 56.9 Å². The van der Waals surface area contributed by atoms with Gasteiger partial charge in [-0.15, -0.1) is 24.0 Å². The van der Waals surface area contributed by atoms with Gasteiger partial charge >= 0.3 is 5.97 Å².